The predicted octanol–water partition coefficient (Wildman–Crippen LogP) is 2.46. The molecular formula is C13H19NO2S. The maximum Gasteiger partial charge on any atom is 0.310 e. The van der Waals surface area contributed by atoms with Gasteiger partial charge in [-0.25, -0.2) is 0 Å². The first-order chi connectivity index (χ1) is 8.00. The van der Waals surface area contributed by atoms with E-state index in [4.69, 9.17) is 10.8 Å². The monoisotopic (exact) mass is 253 g/mol. The molecule has 0 radical (unpaired) electrons. The molecule has 0 saturated heterocycles. The van der Waals surface area contributed by atoms with Crippen LogP contribution in [0.2, 0.25) is 0 Å². The fourth-order valence-corrected chi connectivity index (χ4v) is 2.33. The van der Waals surface area contributed by atoms with Crippen molar-refractivity contribution in [2.24, 2.45) is 5.73 Å². The van der Waals surface area contributed by atoms with Crippen LogP contribution in [0.5, 0.6) is 0 Å². The summed E-state index contributed by atoms with van der Waals surface area (Å²) in [5, 5.41) is 8.89. The molecule has 0 spiro atoms. The average molecular weight is 253 g/mol. The highest BCUT2D eigenvalue weighted by molar-refractivity contribution is 7.98. The fourth-order valence-electron chi connectivity index (χ4n) is 1.41. The highest BCUT2D eigenvalue weighted by Crippen LogP contribution is 2.18. The lowest BCUT2D eigenvalue weighted by atomic mass is 10.0. The number of hydrogen-bond donors (Lipinski definition) is 2. The van der Waals surface area contributed by atoms with E-state index < -0.39 is 11.9 Å². The van der Waals surface area contributed by atoms with Crippen LogP contribution in [0.4, 0.5) is 0 Å². The number of hydrogen-bond acceptors (Lipinski definition) is 3. The molecular weight excluding hydrogens is 234 g/mol. The van der Waals surface area contributed by atoms with Gasteiger partial charge in [0.05, 0.1) is 5.92 Å². The molecule has 3 N–H and O–H groups in total. The summed E-state index contributed by atoms with van der Waals surface area (Å²) in [5.74, 6) is 0.626. The van der Waals surface area contributed by atoms with Crippen molar-refractivity contribution >= 4 is 17.7 Å². The summed E-state index contributed by atoms with van der Waals surface area (Å²) in [6.07, 6.45) is 0. The van der Waals surface area contributed by atoms with Gasteiger partial charge < -0.3 is 10.8 Å². The topological polar surface area (TPSA) is 63.3 Å². The maximum atomic E-state index is 10.8. The van der Waals surface area contributed by atoms with Crippen molar-refractivity contribution in [3.63, 3.8) is 0 Å². The zero-order valence-electron chi connectivity index (χ0n) is 10.2. The van der Waals surface area contributed by atoms with E-state index in [-0.39, 0.29) is 6.04 Å². The molecule has 0 aliphatic rings. The van der Waals surface area contributed by atoms with Crippen LogP contribution in [-0.4, -0.2) is 22.9 Å². The lowest BCUT2D eigenvalue weighted by Gasteiger charge is -2.08. The number of benzene rings is 1. The van der Waals surface area contributed by atoms with E-state index in [1.165, 1.54) is 5.56 Å². The normalized spacial score (nSPS) is 14.3. The minimum Gasteiger partial charge on any atom is -0.481 e. The van der Waals surface area contributed by atoms with Crippen molar-refractivity contribution in [1.29, 1.82) is 0 Å². The Morgan fingerprint density at radius 1 is 1.35 bits per heavy atom. The van der Waals surface area contributed by atoms with Crippen molar-refractivity contribution < 1.29 is 9.90 Å². The second kappa shape index (κ2) is 6.67. The molecule has 94 valence electrons. The van der Waals surface area contributed by atoms with Gasteiger partial charge in [-0.2, -0.15) is 11.8 Å². The van der Waals surface area contributed by atoms with Crippen molar-refractivity contribution in [1.82, 2.24) is 0 Å². The molecule has 0 bridgehead atoms. The van der Waals surface area contributed by atoms with Gasteiger partial charge in [0.2, 0.25) is 0 Å². The average Bonchev–Trinajstić information content (AvgIpc) is 2.28. The van der Waals surface area contributed by atoms with E-state index in [0.29, 0.717) is 0 Å². The van der Waals surface area contributed by atoms with E-state index in [1.54, 1.807) is 18.7 Å². The summed E-state index contributed by atoms with van der Waals surface area (Å²) < 4.78 is 0. The van der Waals surface area contributed by atoms with Crippen molar-refractivity contribution in [2.45, 2.75) is 31.6 Å². The Kier molecular flexibility index (Phi) is 5.51. The molecule has 0 fully saturated rings. The van der Waals surface area contributed by atoms with Crippen LogP contribution >= 0.6 is 11.8 Å². The molecule has 3 nitrogen and oxygen atoms in total. The van der Waals surface area contributed by atoms with Gasteiger partial charge in [0.25, 0.3) is 0 Å². The van der Waals surface area contributed by atoms with Crippen LogP contribution in [0, 0.1) is 0 Å². The van der Waals surface area contributed by atoms with Gasteiger partial charge in [-0.05, 0) is 25.0 Å². The third-order valence-electron chi connectivity index (χ3n) is 2.50. The SMILES string of the molecule is CC(N)CSCc1ccc(C(C)C(=O)O)cc1. The zero-order valence-corrected chi connectivity index (χ0v) is 11.0. The van der Waals surface area contributed by atoms with Gasteiger partial charge in [0.1, 0.15) is 0 Å². The Morgan fingerprint density at radius 3 is 2.41 bits per heavy atom. The van der Waals surface area contributed by atoms with Gasteiger partial charge in [0.15, 0.2) is 0 Å². The van der Waals surface area contributed by atoms with Crippen molar-refractivity contribution in [3.8, 4) is 0 Å². The smallest absolute Gasteiger partial charge is 0.310 e. The highest BCUT2D eigenvalue weighted by atomic mass is 32.2. The number of aliphatic carboxylic acids is 1. The second-order valence-corrected chi connectivity index (χ2v) is 5.32. The molecule has 1 aromatic carbocycles. The van der Waals surface area contributed by atoms with E-state index in [1.807, 2.05) is 31.2 Å². The molecule has 0 aromatic heterocycles. The minimum absolute atomic E-state index is 0.214. The molecule has 1 aromatic rings. The summed E-state index contributed by atoms with van der Waals surface area (Å²) >= 11 is 1.79. The van der Waals surface area contributed by atoms with Crippen molar-refractivity contribution in [2.75, 3.05) is 5.75 Å². The van der Waals surface area contributed by atoms with Gasteiger partial charge in [-0.3, -0.25) is 4.79 Å². The van der Waals surface area contributed by atoms with E-state index in [0.717, 1.165) is 17.1 Å². The molecule has 4 heteroatoms. The van der Waals surface area contributed by atoms with E-state index in [9.17, 15) is 4.79 Å². The number of carboxylic acids is 1. The van der Waals surface area contributed by atoms with Crippen LogP contribution < -0.4 is 5.73 Å². The summed E-state index contributed by atoms with van der Waals surface area (Å²) in [6, 6.07) is 7.97. The van der Waals surface area contributed by atoms with Crippen LogP contribution in [0.1, 0.15) is 30.9 Å². The first-order valence-electron chi connectivity index (χ1n) is 5.65. The molecule has 17 heavy (non-hydrogen) atoms. The van der Waals surface area contributed by atoms with Gasteiger partial charge in [-0.15, -0.1) is 0 Å². The van der Waals surface area contributed by atoms with Gasteiger partial charge >= 0.3 is 5.97 Å². The van der Waals surface area contributed by atoms with Crippen LogP contribution in [-0.2, 0) is 10.5 Å². The lowest BCUT2D eigenvalue weighted by Crippen LogP contribution is -2.17. The number of rotatable bonds is 6. The number of carboxylic acid groups (broad SMARTS) is 1. The number of nitrogens with two attached hydrogens (primary N) is 1. The first kappa shape index (κ1) is 14.1. The molecule has 2 atom stereocenters. The maximum absolute atomic E-state index is 10.8. The Bertz CT molecular complexity index is 362. The summed E-state index contributed by atoms with van der Waals surface area (Å²) in [4.78, 5) is 10.8. The standard InChI is InChI=1S/C13H19NO2S/c1-9(14)7-17-8-11-3-5-12(6-4-11)10(2)13(15)16/h3-6,9-10H,7-8,14H2,1-2H3,(H,15,16). The molecule has 0 amide bonds. The third-order valence-corrected chi connectivity index (χ3v) is 3.80. The zero-order chi connectivity index (χ0) is 12.8. The fraction of sp³-hybridized carbons (Fsp3) is 0.462. The Labute approximate surface area is 106 Å². The molecule has 2 unspecified atom stereocenters. The Balaban J connectivity index is 2.53. The van der Waals surface area contributed by atoms with E-state index >= 15 is 0 Å². The molecule has 0 aliphatic heterocycles. The van der Waals surface area contributed by atoms with Crippen LogP contribution in [0.15, 0.2) is 24.3 Å². The van der Waals surface area contributed by atoms with Gasteiger partial charge in [-0.1, -0.05) is 24.3 Å². The molecule has 0 aliphatic carbocycles. The lowest BCUT2D eigenvalue weighted by molar-refractivity contribution is -0.138. The van der Waals surface area contributed by atoms with Crippen molar-refractivity contribution in [3.05, 3.63) is 35.4 Å². The number of thioether (sulfide) groups is 1. The summed E-state index contributed by atoms with van der Waals surface area (Å²) in [7, 11) is 0. The molecule has 0 saturated carbocycles. The molecule has 0 heterocycles. The number of carbonyl (C=O) groups is 1. The Morgan fingerprint density at radius 2 is 1.94 bits per heavy atom. The largest absolute Gasteiger partial charge is 0.481 e. The molecule has 1 rings (SSSR count). The van der Waals surface area contributed by atoms with Gasteiger partial charge in [0, 0.05) is 17.5 Å². The minimum atomic E-state index is -0.788. The predicted molar refractivity (Wildman–Crippen MR) is 72.3 cm³/mol. The quantitative estimate of drug-likeness (QED) is 0.817. The summed E-state index contributed by atoms with van der Waals surface area (Å²) in [5.41, 5.74) is 7.72. The third kappa shape index (κ3) is 4.79. The second-order valence-electron chi connectivity index (χ2n) is 4.29. The Hall–Kier alpha value is -1.00. The highest BCUT2D eigenvalue weighted by Gasteiger charge is 2.12. The summed E-state index contributed by atoms with van der Waals surface area (Å²) in [6.45, 7) is 3.69. The van der Waals surface area contributed by atoms with E-state index in [2.05, 4.69) is 0 Å². The first-order valence-corrected chi connectivity index (χ1v) is 6.81. The van der Waals surface area contributed by atoms with Crippen LogP contribution in [0.25, 0.3) is 0 Å². The van der Waals surface area contributed by atoms with Crippen LogP contribution in [0.3, 0.4) is 0 Å².